The lowest BCUT2D eigenvalue weighted by Gasteiger charge is -2.06. The Labute approximate surface area is 263 Å². The number of unbranched alkanes of at least 4 members (excludes halogenated alkanes) is 15. The van der Waals surface area contributed by atoms with Crippen LogP contribution in [0.15, 0.2) is 0 Å². The highest BCUT2D eigenvalue weighted by atomic mass is 16.5. The fourth-order valence-corrected chi connectivity index (χ4v) is 4.37. The van der Waals surface area contributed by atoms with E-state index in [4.69, 9.17) is 19.3 Å². The number of rotatable bonds is 29. The highest BCUT2D eigenvalue weighted by Crippen LogP contribution is 2.11. The van der Waals surface area contributed by atoms with Crippen molar-refractivity contribution in [3.8, 4) is 0 Å². The molecule has 254 valence electrons. The lowest BCUT2D eigenvalue weighted by atomic mass is 10.0. The number of esters is 3. The third-order valence-electron chi connectivity index (χ3n) is 7.02. The molecular weight excluding hydrogens is 548 g/mol. The van der Waals surface area contributed by atoms with Crippen LogP contribution in [0, 0.1) is 5.92 Å². The standard InChI is InChI=1S/C22H42O4.C13H24O4/c1-3-5-7-9-11-15-19-25-21(23)17-13-14-18-22(24)26-20-16-12-10-8-6-4-2;1-11(2)8-6-4-3-5-7-9-17-13(16)10-12(14)15/h3-20H2,1-2H3;11H,3-10H2,1-2H3,(H,14,15). The fraction of sp³-hybridized carbons (Fsp3) is 0.886. The van der Waals surface area contributed by atoms with Crippen molar-refractivity contribution >= 4 is 23.9 Å². The van der Waals surface area contributed by atoms with E-state index in [9.17, 15) is 19.2 Å². The Bertz CT molecular complexity index is 630. The molecule has 0 rings (SSSR count). The highest BCUT2D eigenvalue weighted by Gasteiger charge is 2.08. The number of carboxylic acids is 1. The molecule has 0 fully saturated rings. The first-order valence-corrected chi connectivity index (χ1v) is 17.4. The molecule has 8 heteroatoms. The topological polar surface area (TPSA) is 116 Å². The molecule has 0 saturated carbocycles. The highest BCUT2D eigenvalue weighted by molar-refractivity contribution is 5.90. The van der Waals surface area contributed by atoms with Crippen LogP contribution in [-0.2, 0) is 33.4 Å². The van der Waals surface area contributed by atoms with Gasteiger partial charge in [-0.15, -0.1) is 0 Å². The second kappa shape index (κ2) is 34.4. The van der Waals surface area contributed by atoms with Crippen LogP contribution in [0.5, 0.6) is 0 Å². The predicted octanol–water partition coefficient (Wildman–Crippen LogP) is 9.36. The molecule has 0 amide bonds. The summed E-state index contributed by atoms with van der Waals surface area (Å²) in [7, 11) is 0. The monoisotopic (exact) mass is 614 g/mol. The molecule has 0 bridgehead atoms. The molecule has 0 heterocycles. The summed E-state index contributed by atoms with van der Waals surface area (Å²) >= 11 is 0. The molecule has 0 spiro atoms. The first kappa shape index (κ1) is 43.0. The third-order valence-corrected chi connectivity index (χ3v) is 7.02. The number of ether oxygens (including phenoxy) is 3. The van der Waals surface area contributed by atoms with E-state index in [1.807, 2.05) is 0 Å². The van der Waals surface area contributed by atoms with Crippen molar-refractivity contribution in [3.63, 3.8) is 0 Å². The summed E-state index contributed by atoms with van der Waals surface area (Å²) in [5, 5.41) is 8.33. The number of hydrogen-bond acceptors (Lipinski definition) is 7. The van der Waals surface area contributed by atoms with Gasteiger partial charge in [0.15, 0.2) is 0 Å². The first-order valence-electron chi connectivity index (χ1n) is 17.4. The van der Waals surface area contributed by atoms with Gasteiger partial charge in [0.25, 0.3) is 0 Å². The third kappa shape index (κ3) is 39.9. The predicted molar refractivity (Wildman–Crippen MR) is 173 cm³/mol. The fourth-order valence-electron chi connectivity index (χ4n) is 4.37. The van der Waals surface area contributed by atoms with Gasteiger partial charge in [0.2, 0.25) is 0 Å². The molecule has 0 unspecified atom stereocenters. The SMILES string of the molecule is CC(C)CCCCCCCOC(=O)CC(=O)O.CCCCCCCCOC(=O)CCCCC(=O)OCCCCCCCC. The molecule has 0 aliphatic rings. The summed E-state index contributed by atoms with van der Waals surface area (Å²) in [5.41, 5.74) is 0. The van der Waals surface area contributed by atoms with Crippen LogP contribution in [0.2, 0.25) is 0 Å². The van der Waals surface area contributed by atoms with Gasteiger partial charge in [0.05, 0.1) is 19.8 Å². The van der Waals surface area contributed by atoms with Gasteiger partial charge in [0, 0.05) is 12.8 Å². The van der Waals surface area contributed by atoms with E-state index in [0.717, 1.165) is 50.9 Å². The van der Waals surface area contributed by atoms with Crippen LogP contribution in [0.3, 0.4) is 0 Å². The van der Waals surface area contributed by atoms with Crippen molar-refractivity contribution in [1.82, 2.24) is 0 Å². The van der Waals surface area contributed by atoms with Gasteiger partial charge in [-0.1, -0.05) is 124 Å². The van der Waals surface area contributed by atoms with Crippen molar-refractivity contribution in [3.05, 3.63) is 0 Å². The van der Waals surface area contributed by atoms with E-state index < -0.39 is 18.4 Å². The van der Waals surface area contributed by atoms with Crippen LogP contribution in [0.1, 0.15) is 175 Å². The molecule has 0 aromatic rings. The summed E-state index contributed by atoms with van der Waals surface area (Å²) in [6, 6.07) is 0. The maximum absolute atomic E-state index is 11.6. The molecule has 0 saturated heterocycles. The Morgan fingerprint density at radius 1 is 0.488 bits per heavy atom. The van der Waals surface area contributed by atoms with E-state index >= 15 is 0 Å². The Hall–Kier alpha value is -2.12. The van der Waals surface area contributed by atoms with Crippen molar-refractivity contribution in [1.29, 1.82) is 0 Å². The van der Waals surface area contributed by atoms with E-state index in [1.165, 1.54) is 70.6 Å². The molecule has 0 aromatic carbocycles. The van der Waals surface area contributed by atoms with Crippen LogP contribution >= 0.6 is 0 Å². The summed E-state index contributed by atoms with van der Waals surface area (Å²) in [6.45, 7) is 10.3. The van der Waals surface area contributed by atoms with Gasteiger partial charge in [-0.3, -0.25) is 19.2 Å². The quantitative estimate of drug-likeness (QED) is 0.0383. The second-order valence-corrected chi connectivity index (χ2v) is 11.9. The summed E-state index contributed by atoms with van der Waals surface area (Å²) in [4.78, 5) is 44.2. The molecule has 0 atom stereocenters. The van der Waals surface area contributed by atoms with Crippen LogP contribution in [-0.4, -0.2) is 48.8 Å². The van der Waals surface area contributed by atoms with E-state index in [0.29, 0.717) is 45.5 Å². The lowest BCUT2D eigenvalue weighted by Crippen LogP contribution is -2.11. The number of hydrogen-bond donors (Lipinski definition) is 1. The van der Waals surface area contributed by atoms with Gasteiger partial charge in [-0.25, -0.2) is 0 Å². The van der Waals surface area contributed by atoms with Gasteiger partial charge in [-0.05, 0) is 38.0 Å². The molecule has 0 radical (unpaired) electrons. The van der Waals surface area contributed by atoms with Gasteiger partial charge >= 0.3 is 23.9 Å². The zero-order chi connectivity index (χ0) is 32.4. The summed E-state index contributed by atoms with van der Waals surface area (Å²) in [6.07, 6.45) is 22.7. The Morgan fingerprint density at radius 2 is 0.837 bits per heavy atom. The smallest absolute Gasteiger partial charge is 0.317 e. The number of aliphatic carboxylic acids is 1. The molecule has 43 heavy (non-hydrogen) atoms. The molecule has 0 aromatic heterocycles. The van der Waals surface area contributed by atoms with Gasteiger partial charge < -0.3 is 19.3 Å². The van der Waals surface area contributed by atoms with Crippen molar-refractivity contribution in [2.45, 2.75) is 175 Å². The molecular formula is C35H66O8. The Kier molecular flexibility index (Phi) is 34.4. The first-order chi connectivity index (χ1) is 20.7. The average molecular weight is 615 g/mol. The van der Waals surface area contributed by atoms with Crippen molar-refractivity contribution in [2.75, 3.05) is 19.8 Å². The molecule has 8 nitrogen and oxygen atoms in total. The van der Waals surface area contributed by atoms with Crippen LogP contribution in [0.25, 0.3) is 0 Å². The lowest BCUT2D eigenvalue weighted by molar-refractivity contribution is -0.151. The number of carbonyl (C=O) groups is 4. The largest absolute Gasteiger partial charge is 0.481 e. The normalized spacial score (nSPS) is 10.6. The van der Waals surface area contributed by atoms with Crippen molar-refractivity contribution in [2.24, 2.45) is 5.92 Å². The molecule has 0 aliphatic carbocycles. The Morgan fingerprint density at radius 3 is 1.21 bits per heavy atom. The van der Waals surface area contributed by atoms with Gasteiger partial charge in [-0.2, -0.15) is 0 Å². The zero-order valence-corrected chi connectivity index (χ0v) is 28.3. The van der Waals surface area contributed by atoms with Crippen molar-refractivity contribution < 1.29 is 38.5 Å². The maximum Gasteiger partial charge on any atom is 0.317 e. The minimum Gasteiger partial charge on any atom is -0.481 e. The van der Waals surface area contributed by atoms with E-state index in [-0.39, 0.29) is 11.9 Å². The minimum absolute atomic E-state index is 0.140. The van der Waals surface area contributed by atoms with Gasteiger partial charge in [0.1, 0.15) is 6.42 Å². The molecule has 1 N–H and O–H groups in total. The number of carbonyl (C=O) groups excluding carboxylic acids is 3. The maximum atomic E-state index is 11.6. The summed E-state index contributed by atoms with van der Waals surface area (Å²) in [5.74, 6) is -1.29. The minimum atomic E-state index is -1.14. The molecule has 0 aliphatic heterocycles. The average Bonchev–Trinajstić information content (AvgIpc) is 2.95. The van der Waals surface area contributed by atoms with Crippen LogP contribution < -0.4 is 0 Å². The zero-order valence-electron chi connectivity index (χ0n) is 28.3. The van der Waals surface area contributed by atoms with E-state index in [1.54, 1.807) is 0 Å². The van der Waals surface area contributed by atoms with Crippen LogP contribution in [0.4, 0.5) is 0 Å². The second-order valence-electron chi connectivity index (χ2n) is 11.9. The Balaban J connectivity index is 0. The summed E-state index contributed by atoms with van der Waals surface area (Å²) < 4.78 is 15.2. The number of carboxylic acid groups (broad SMARTS) is 1. The van der Waals surface area contributed by atoms with E-state index in [2.05, 4.69) is 27.7 Å².